The topological polar surface area (TPSA) is 89.9 Å². The van der Waals surface area contributed by atoms with Gasteiger partial charge in [0, 0.05) is 5.92 Å². The maximum absolute atomic E-state index is 13.6. The Hall–Kier alpha value is -2.59. The number of hydrogen-bond acceptors (Lipinski definition) is 5. The van der Waals surface area contributed by atoms with Gasteiger partial charge in [-0.1, -0.05) is 24.3 Å². The highest BCUT2D eigenvalue weighted by Crippen LogP contribution is 2.41. The van der Waals surface area contributed by atoms with E-state index in [4.69, 9.17) is 14.0 Å². The lowest BCUT2D eigenvalue weighted by Gasteiger charge is -2.33. The fraction of sp³-hybridized carbons (Fsp3) is 0.409. The Bertz CT molecular complexity index is 1080. The molecule has 3 rings (SSSR count). The number of benzene rings is 2. The van der Waals surface area contributed by atoms with Crippen molar-refractivity contribution in [3.63, 3.8) is 0 Å². The Balaban J connectivity index is 1.83. The molecular formula is C22H23F3O6S. The number of ether oxygens (including phenoxy) is 2. The Kier molecular flexibility index (Phi) is 6.57. The van der Waals surface area contributed by atoms with E-state index in [2.05, 4.69) is 0 Å². The highest BCUT2D eigenvalue weighted by atomic mass is 32.2. The SMILES string of the molecule is CC(C)(Oc1cc(C(=O)OCCS(=O)(=O)O)ccc1C(F)(F)F)C1Cc2ccccc2C1. The van der Waals surface area contributed by atoms with Crippen LogP contribution in [-0.4, -0.2) is 36.9 Å². The van der Waals surface area contributed by atoms with E-state index in [9.17, 15) is 26.4 Å². The number of carbonyl (C=O) groups is 1. The lowest BCUT2D eigenvalue weighted by Crippen LogP contribution is -2.38. The quantitative estimate of drug-likeness (QED) is 0.477. The van der Waals surface area contributed by atoms with Gasteiger partial charge < -0.3 is 9.47 Å². The molecule has 0 radical (unpaired) electrons. The first-order valence-corrected chi connectivity index (χ1v) is 11.5. The minimum absolute atomic E-state index is 0.0775. The van der Waals surface area contributed by atoms with Crippen LogP contribution in [0.2, 0.25) is 0 Å². The average Bonchev–Trinajstić information content (AvgIpc) is 3.11. The van der Waals surface area contributed by atoms with Crippen molar-refractivity contribution >= 4 is 16.1 Å². The van der Waals surface area contributed by atoms with Crippen molar-refractivity contribution in [3.05, 3.63) is 64.7 Å². The summed E-state index contributed by atoms with van der Waals surface area (Å²) in [5, 5.41) is 0. The Morgan fingerprint density at radius 3 is 2.22 bits per heavy atom. The van der Waals surface area contributed by atoms with Crippen molar-refractivity contribution in [2.24, 2.45) is 5.92 Å². The van der Waals surface area contributed by atoms with E-state index in [-0.39, 0.29) is 11.5 Å². The summed E-state index contributed by atoms with van der Waals surface area (Å²) < 4.78 is 81.6. The second kappa shape index (κ2) is 8.74. The number of carbonyl (C=O) groups excluding carboxylic acids is 1. The fourth-order valence-electron chi connectivity index (χ4n) is 3.71. The second-order valence-electron chi connectivity index (χ2n) is 8.21. The predicted octanol–water partition coefficient (Wildman–Crippen LogP) is 4.32. The van der Waals surface area contributed by atoms with Gasteiger partial charge in [-0.3, -0.25) is 4.55 Å². The summed E-state index contributed by atoms with van der Waals surface area (Å²) in [5.41, 5.74) is 0.0131. The van der Waals surface area contributed by atoms with Gasteiger partial charge in [0.1, 0.15) is 23.7 Å². The zero-order chi connectivity index (χ0) is 23.7. The van der Waals surface area contributed by atoms with Crippen LogP contribution in [0.25, 0.3) is 0 Å². The van der Waals surface area contributed by atoms with E-state index in [1.165, 1.54) is 0 Å². The Morgan fingerprint density at radius 1 is 1.09 bits per heavy atom. The van der Waals surface area contributed by atoms with Crippen molar-refractivity contribution in [1.29, 1.82) is 0 Å². The predicted molar refractivity (Wildman–Crippen MR) is 110 cm³/mol. The molecule has 0 bridgehead atoms. The van der Waals surface area contributed by atoms with Crippen LogP contribution in [0, 0.1) is 5.92 Å². The number of esters is 1. The van der Waals surface area contributed by atoms with Crippen LogP contribution in [0.3, 0.4) is 0 Å². The summed E-state index contributed by atoms with van der Waals surface area (Å²) in [4.78, 5) is 12.2. The van der Waals surface area contributed by atoms with Crippen LogP contribution >= 0.6 is 0 Å². The van der Waals surface area contributed by atoms with E-state index < -0.39 is 51.5 Å². The van der Waals surface area contributed by atoms with E-state index in [1.807, 2.05) is 24.3 Å². The molecule has 10 heteroatoms. The first-order chi connectivity index (χ1) is 14.8. The highest BCUT2D eigenvalue weighted by Gasteiger charge is 2.40. The largest absolute Gasteiger partial charge is 0.487 e. The van der Waals surface area contributed by atoms with Crippen LogP contribution in [-0.2, 0) is 33.9 Å². The van der Waals surface area contributed by atoms with Gasteiger partial charge in [-0.2, -0.15) is 21.6 Å². The summed E-state index contributed by atoms with van der Waals surface area (Å²) in [6.07, 6.45) is -3.40. The molecule has 0 aromatic heterocycles. The fourth-order valence-corrected chi connectivity index (χ4v) is 4.00. The molecule has 1 aliphatic rings. The average molecular weight is 472 g/mol. The molecular weight excluding hydrogens is 449 g/mol. The normalized spacial score (nSPS) is 14.8. The summed E-state index contributed by atoms with van der Waals surface area (Å²) in [6, 6.07) is 10.4. The van der Waals surface area contributed by atoms with E-state index in [0.717, 1.165) is 29.3 Å². The minimum atomic E-state index is -4.71. The second-order valence-corrected chi connectivity index (χ2v) is 9.78. The monoisotopic (exact) mass is 472 g/mol. The lowest BCUT2D eigenvalue weighted by atomic mass is 9.88. The summed E-state index contributed by atoms with van der Waals surface area (Å²) in [6.45, 7) is 2.78. The smallest absolute Gasteiger partial charge is 0.419 e. The molecule has 0 atom stereocenters. The third-order valence-electron chi connectivity index (χ3n) is 5.50. The lowest BCUT2D eigenvalue weighted by molar-refractivity contribution is -0.140. The third-order valence-corrected chi connectivity index (χ3v) is 6.19. The molecule has 0 spiro atoms. The molecule has 0 fully saturated rings. The number of alkyl halides is 3. The van der Waals surface area contributed by atoms with Crippen LogP contribution < -0.4 is 4.74 Å². The maximum Gasteiger partial charge on any atom is 0.419 e. The number of halogens is 3. The molecule has 1 N–H and O–H groups in total. The number of fused-ring (bicyclic) bond motifs is 1. The molecule has 0 aliphatic heterocycles. The van der Waals surface area contributed by atoms with Gasteiger partial charge >= 0.3 is 12.1 Å². The Labute approximate surface area is 184 Å². The van der Waals surface area contributed by atoms with Crippen LogP contribution in [0.15, 0.2) is 42.5 Å². The van der Waals surface area contributed by atoms with Gasteiger partial charge in [0.25, 0.3) is 10.1 Å². The van der Waals surface area contributed by atoms with E-state index in [0.29, 0.717) is 12.8 Å². The van der Waals surface area contributed by atoms with Crippen LogP contribution in [0.1, 0.15) is 40.9 Å². The molecule has 6 nitrogen and oxygen atoms in total. The number of hydrogen-bond donors (Lipinski definition) is 1. The first-order valence-electron chi connectivity index (χ1n) is 9.85. The molecule has 32 heavy (non-hydrogen) atoms. The van der Waals surface area contributed by atoms with Gasteiger partial charge in [-0.25, -0.2) is 4.79 Å². The van der Waals surface area contributed by atoms with Crippen molar-refractivity contribution in [1.82, 2.24) is 0 Å². The first kappa shape index (κ1) is 24.1. The van der Waals surface area contributed by atoms with Crippen molar-refractivity contribution in [3.8, 4) is 5.75 Å². The molecule has 0 heterocycles. The molecule has 1 aliphatic carbocycles. The highest BCUT2D eigenvalue weighted by molar-refractivity contribution is 7.85. The zero-order valence-corrected chi connectivity index (χ0v) is 18.3. The standard InChI is InChI=1S/C22H23F3O6S/c1-21(2,17-11-14-5-3-4-6-15(14)12-17)31-19-13-16(7-8-18(19)22(23,24)25)20(26)30-9-10-32(27,28)29/h3-8,13,17H,9-12H2,1-2H3,(H,27,28,29). The van der Waals surface area contributed by atoms with Crippen molar-refractivity contribution in [2.45, 2.75) is 38.5 Å². The Morgan fingerprint density at radius 2 is 1.69 bits per heavy atom. The van der Waals surface area contributed by atoms with Gasteiger partial charge in [0.15, 0.2) is 0 Å². The molecule has 2 aromatic carbocycles. The molecule has 174 valence electrons. The molecule has 0 saturated heterocycles. The van der Waals surface area contributed by atoms with Gasteiger partial charge in [-0.15, -0.1) is 0 Å². The molecule has 2 aromatic rings. The maximum atomic E-state index is 13.6. The van der Waals surface area contributed by atoms with Crippen molar-refractivity contribution in [2.75, 3.05) is 12.4 Å². The van der Waals surface area contributed by atoms with Crippen molar-refractivity contribution < 1.29 is 40.4 Å². The van der Waals surface area contributed by atoms with E-state index >= 15 is 0 Å². The van der Waals surface area contributed by atoms with Crippen LogP contribution in [0.5, 0.6) is 5.75 Å². The number of rotatable bonds is 7. The molecule has 0 amide bonds. The van der Waals surface area contributed by atoms with Gasteiger partial charge in [0.2, 0.25) is 0 Å². The minimum Gasteiger partial charge on any atom is -0.487 e. The summed E-state index contributed by atoms with van der Waals surface area (Å²) >= 11 is 0. The molecule has 0 unspecified atom stereocenters. The zero-order valence-electron chi connectivity index (χ0n) is 17.5. The van der Waals surface area contributed by atoms with Crippen LogP contribution in [0.4, 0.5) is 13.2 Å². The molecule has 0 saturated carbocycles. The van der Waals surface area contributed by atoms with E-state index in [1.54, 1.807) is 13.8 Å². The van der Waals surface area contributed by atoms with Gasteiger partial charge in [0.05, 0.1) is 11.1 Å². The summed E-state index contributed by atoms with van der Waals surface area (Å²) in [5.74, 6) is -2.44. The summed E-state index contributed by atoms with van der Waals surface area (Å²) in [7, 11) is -4.34. The van der Waals surface area contributed by atoms with Gasteiger partial charge in [-0.05, 0) is 56.0 Å². The third kappa shape index (κ3) is 5.80.